The highest BCUT2D eigenvalue weighted by molar-refractivity contribution is 6.09. The van der Waals surface area contributed by atoms with Crippen LogP contribution in [0.1, 0.15) is 46.5 Å². The zero-order valence-corrected chi connectivity index (χ0v) is 17.1. The van der Waals surface area contributed by atoms with Crippen LogP contribution >= 0.6 is 0 Å². The van der Waals surface area contributed by atoms with Gasteiger partial charge in [0.15, 0.2) is 0 Å². The maximum Gasteiger partial charge on any atom is 0.410 e. The van der Waals surface area contributed by atoms with E-state index in [-0.39, 0.29) is 24.9 Å². The van der Waals surface area contributed by atoms with E-state index < -0.39 is 17.4 Å². The number of hydrogen-bond donors (Lipinski definition) is 1. The Bertz CT molecular complexity index is 1040. The first-order chi connectivity index (χ1) is 15.0. The molecule has 0 bridgehead atoms. The summed E-state index contributed by atoms with van der Waals surface area (Å²) >= 11 is 0. The highest BCUT2D eigenvalue weighted by atomic mass is 16.6. The van der Waals surface area contributed by atoms with Crippen molar-refractivity contribution in [1.82, 2.24) is 10.2 Å². The molecule has 1 N–H and O–H groups in total. The molecule has 0 atom stereocenters. The molecule has 0 spiro atoms. The van der Waals surface area contributed by atoms with Crippen molar-refractivity contribution in [3.05, 3.63) is 69.3 Å². The van der Waals surface area contributed by atoms with E-state index in [4.69, 9.17) is 9.15 Å². The molecule has 3 heterocycles. The van der Waals surface area contributed by atoms with Crippen LogP contribution in [-0.4, -0.2) is 35.9 Å². The SMILES string of the molecule is O=C1Cc2oc(=O)cc(CCC3CCN(C(=O)OCc4ccccc4)CC3)c2C(=O)N1. The molecule has 4 rings (SSSR count). The summed E-state index contributed by atoms with van der Waals surface area (Å²) < 4.78 is 10.5. The van der Waals surface area contributed by atoms with E-state index in [0.29, 0.717) is 36.6 Å². The zero-order chi connectivity index (χ0) is 21.8. The van der Waals surface area contributed by atoms with Crippen LogP contribution in [-0.2, 0) is 29.0 Å². The number of hydrogen-bond acceptors (Lipinski definition) is 6. The van der Waals surface area contributed by atoms with Gasteiger partial charge in [0, 0.05) is 19.2 Å². The summed E-state index contributed by atoms with van der Waals surface area (Å²) in [5.74, 6) is -0.466. The van der Waals surface area contributed by atoms with Crippen molar-refractivity contribution < 1.29 is 23.5 Å². The van der Waals surface area contributed by atoms with Crippen molar-refractivity contribution in [2.24, 2.45) is 5.92 Å². The summed E-state index contributed by atoms with van der Waals surface area (Å²) in [6, 6.07) is 10.9. The summed E-state index contributed by atoms with van der Waals surface area (Å²) in [6.07, 6.45) is 2.57. The number of ether oxygens (including phenoxy) is 1. The van der Waals surface area contributed by atoms with E-state index in [9.17, 15) is 19.2 Å². The molecule has 31 heavy (non-hydrogen) atoms. The molecule has 0 radical (unpaired) electrons. The molecule has 1 saturated heterocycles. The molecule has 1 aromatic heterocycles. The normalized spacial score (nSPS) is 16.6. The fourth-order valence-corrected chi connectivity index (χ4v) is 4.14. The largest absolute Gasteiger partial charge is 0.445 e. The Morgan fingerprint density at radius 3 is 2.61 bits per heavy atom. The van der Waals surface area contributed by atoms with Gasteiger partial charge in [0.25, 0.3) is 5.91 Å². The van der Waals surface area contributed by atoms with Gasteiger partial charge < -0.3 is 14.1 Å². The molecule has 0 saturated carbocycles. The highest BCUT2D eigenvalue weighted by Crippen LogP contribution is 2.25. The Hall–Kier alpha value is -3.42. The van der Waals surface area contributed by atoms with Crippen LogP contribution in [0.3, 0.4) is 0 Å². The molecule has 162 valence electrons. The van der Waals surface area contributed by atoms with Crippen molar-refractivity contribution >= 4 is 17.9 Å². The summed E-state index contributed by atoms with van der Waals surface area (Å²) in [6.45, 7) is 1.48. The van der Waals surface area contributed by atoms with E-state index in [1.807, 2.05) is 30.3 Å². The maximum absolute atomic E-state index is 12.3. The Morgan fingerprint density at radius 2 is 1.87 bits per heavy atom. The fourth-order valence-electron chi connectivity index (χ4n) is 4.14. The van der Waals surface area contributed by atoms with Crippen molar-refractivity contribution in [1.29, 1.82) is 0 Å². The average Bonchev–Trinajstić information content (AvgIpc) is 2.76. The number of likely N-dealkylation sites (tertiary alicyclic amines) is 1. The molecule has 0 unspecified atom stereocenters. The lowest BCUT2D eigenvalue weighted by molar-refractivity contribution is -0.120. The second-order valence-electron chi connectivity index (χ2n) is 7.95. The number of aryl methyl sites for hydroxylation is 1. The van der Waals surface area contributed by atoms with Crippen molar-refractivity contribution in [3.63, 3.8) is 0 Å². The number of carbonyl (C=O) groups excluding carboxylic acids is 3. The lowest BCUT2D eigenvalue weighted by atomic mass is 9.89. The molecule has 3 amide bonds. The minimum atomic E-state index is -0.549. The zero-order valence-electron chi connectivity index (χ0n) is 17.1. The number of nitrogens with one attached hydrogen (secondary N) is 1. The minimum Gasteiger partial charge on any atom is -0.445 e. The van der Waals surface area contributed by atoms with Crippen molar-refractivity contribution in [3.8, 4) is 0 Å². The first-order valence-corrected chi connectivity index (χ1v) is 10.5. The standard InChI is InChI=1S/C23H24N2O6/c26-19-13-18-21(22(28)24-19)17(12-20(27)31-18)7-6-15-8-10-25(11-9-15)23(29)30-14-16-4-2-1-3-5-16/h1-5,12,15H,6-11,13-14H2,(H,24,26,28). The molecule has 8 nitrogen and oxygen atoms in total. The van der Waals surface area contributed by atoms with Gasteiger partial charge in [0.2, 0.25) is 5.91 Å². The van der Waals surface area contributed by atoms with Crippen molar-refractivity contribution in [2.75, 3.05) is 13.1 Å². The van der Waals surface area contributed by atoms with E-state index in [2.05, 4.69) is 5.32 Å². The summed E-state index contributed by atoms with van der Waals surface area (Å²) in [4.78, 5) is 49.6. The summed E-state index contributed by atoms with van der Waals surface area (Å²) in [5.41, 5.74) is 1.32. The third kappa shape index (κ3) is 5.02. The molecule has 8 heteroatoms. The maximum atomic E-state index is 12.3. The van der Waals surface area contributed by atoms with Crippen LogP contribution in [0.25, 0.3) is 0 Å². The topological polar surface area (TPSA) is 106 Å². The number of piperidine rings is 1. The van der Waals surface area contributed by atoms with E-state index in [1.165, 1.54) is 6.07 Å². The molecule has 2 aromatic rings. The molecule has 2 aliphatic heterocycles. The van der Waals surface area contributed by atoms with E-state index >= 15 is 0 Å². The number of rotatable bonds is 5. The second kappa shape index (κ2) is 9.16. The van der Waals surface area contributed by atoms with Gasteiger partial charge in [0.1, 0.15) is 12.4 Å². The van der Waals surface area contributed by atoms with Gasteiger partial charge >= 0.3 is 11.7 Å². The Labute approximate surface area is 179 Å². The van der Waals surface area contributed by atoms with Crippen LogP contribution in [0, 0.1) is 5.92 Å². The molecular weight excluding hydrogens is 400 g/mol. The van der Waals surface area contributed by atoms with Crippen LogP contribution < -0.4 is 10.9 Å². The van der Waals surface area contributed by atoms with Crippen LogP contribution in [0.4, 0.5) is 4.79 Å². The van der Waals surface area contributed by atoms with Gasteiger partial charge in [-0.1, -0.05) is 30.3 Å². The van der Waals surface area contributed by atoms with Gasteiger partial charge in [-0.3, -0.25) is 14.9 Å². The number of nitrogens with zero attached hydrogens (tertiary/aromatic N) is 1. The average molecular weight is 424 g/mol. The molecule has 0 aliphatic carbocycles. The number of imide groups is 1. The van der Waals surface area contributed by atoms with Crippen molar-refractivity contribution in [2.45, 2.75) is 38.7 Å². The second-order valence-corrected chi connectivity index (χ2v) is 7.95. The number of fused-ring (bicyclic) bond motifs is 1. The van der Waals surface area contributed by atoms with Gasteiger partial charge in [-0.05, 0) is 42.7 Å². The number of benzene rings is 1. The van der Waals surface area contributed by atoms with Gasteiger partial charge in [-0.15, -0.1) is 0 Å². The van der Waals surface area contributed by atoms with Gasteiger partial charge in [-0.25, -0.2) is 9.59 Å². The van der Waals surface area contributed by atoms with E-state index in [1.54, 1.807) is 4.90 Å². The predicted octanol–water partition coefficient (Wildman–Crippen LogP) is 2.43. The molecule has 1 fully saturated rings. The number of amides is 3. The number of carbonyl (C=O) groups is 3. The van der Waals surface area contributed by atoms with Crippen LogP contribution in [0.5, 0.6) is 0 Å². The Morgan fingerprint density at radius 1 is 1.13 bits per heavy atom. The van der Waals surface area contributed by atoms with Gasteiger partial charge in [0.05, 0.1) is 12.0 Å². The Balaban J connectivity index is 1.29. The third-order valence-corrected chi connectivity index (χ3v) is 5.82. The smallest absolute Gasteiger partial charge is 0.410 e. The molecule has 2 aliphatic rings. The van der Waals surface area contributed by atoms with Gasteiger partial charge in [-0.2, -0.15) is 0 Å². The molecule has 1 aromatic carbocycles. The Kier molecular flexibility index (Phi) is 6.16. The quantitative estimate of drug-likeness (QED) is 0.739. The van der Waals surface area contributed by atoms with Crippen LogP contribution in [0.15, 0.2) is 45.6 Å². The monoisotopic (exact) mass is 424 g/mol. The highest BCUT2D eigenvalue weighted by Gasteiger charge is 2.29. The summed E-state index contributed by atoms with van der Waals surface area (Å²) in [5, 5.41) is 2.28. The summed E-state index contributed by atoms with van der Waals surface area (Å²) in [7, 11) is 0. The fraction of sp³-hybridized carbons (Fsp3) is 0.391. The van der Waals surface area contributed by atoms with Crippen LogP contribution in [0.2, 0.25) is 0 Å². The van der Waals surface area contributed by atoms with E-state index in [0.717, 1.165) is 24.8 Å². The first-order valence-electron chi connectivity index (χ1n) is 10.5. The predicted molar refractivity (Wildman–Crippen MR) is 110 cm³/mol. The third-order valence-electron chi connectivity index (χ3n) is 5.82. The molecular formula is C23H24N2O6. The lowest BCUT2D eigenvalue weighted by Crippen LogP contribution is -2.39. The lowest BCUT2D eigenvalue weighted by Gasteiger charge is -2.31. The first kappa shape index (κ1) is 20.8. The minimum absolute atomic E-state index is 0.104.